The van der Waals surface area contributed by atoms with Crippen molar-refractivity contribution in [3.05, 3.63) is 11.3 Å². The van der Waals surface area contributed by atoms with E-state index in [4.69, 9.17) is 4.99 Å². The molecule has 0 aliphatic carbocycles. The quantitative estimate of drug-likeness (QED) is 0.739. The maximum atomic E-state index is 11.8. The van der Waals surface area contributed by atoms with Gasteiger partial charge < -0.3 is 10.2 Å². The number of rotatable bonds is 0. The number of hydrogen-bond donors (Lipinski definition) is 1. The van der Waals surface area contributed by atoms with E-state index in [-0.39, 0.29) is 22.8 Å². The monoisotopic (exact) mass is 277 g/mol. The summed E-state index contributed by atoms with van der Waals surface area (Å²) in [6.45, 7) is 16.3. The highest BCUT2D eigenvalue weighted by molar-refractivity contribution is 5.95. The highest BCUT2D eigenvalue weighted by Crippen LogP contribution is 2.39. The van der Waals surface area contributed by atoms with Crippen LogP contribution in [0.15, 0.2) is 16.3 Å². The Morgan fingerprint density at radius 2 is 1.75 bits per heavy atom. The molecule has 0 radical (unpaired) electrons. The normalized spacial score (nSPS) is 24.4. The van der Waals surface area contributed by atoms with Crippen molar-refractivity contribution in [1.82, 2.24) is 10.2 Å². The summed E-state index contributed by atoms with van der Waals surface area (Å²) in [6.07, 6.45) is 0. The lowest BCUT2D eigenvalue weighted by Gasteiger charge is -2.45. The molecule has 0 bridgehead atoms. The van der Waals surface area contributed by atoms with Gasteiger partial charge in [-0.05, 0) is 17.9 Å². The predicted molar refractivity (Wildman–Crippen MR) is 82.5 cm³/mol. The number of amidine groups is 1. The van der Waals surface area contributed by atoms with Crippen molar-refractivity contribution in [3.63, 3.8) is 0 Å². The zero-order chi connectivity index (χ0) is 15.3. The van der Waals surface area contributed by atoms with Crippen LogP contribution in [-0.2, 0) is 4.79 Å². The van der Waals surface area contributed by atoms with E-state index >= 15 is 0 Å². The molecule has 0 aromatic heterocycles. The fraction of sp³-hybridized carbons (Fsp3) is 0.750. The minimum absolute atomic E-state index is 0.0550. The summed E-state index contributed by atoms with van der Waals surface area (Å²) >= 11 is 0. The molecule has 4 heteroatoms. The van der Waals surface area contributed by atoms with Crippen molar-refractivity contribution in [2.45, 2.75) is 54.5 Å². The van der Waals surface area contributed by atoms with Gasteiger partial charge in [-0.1, -0.05) is 41.5 Å². The molecule has 4 nitrogen and oxygen atoms in total. The van der Waals surface area contributed by atoms with E-state index in [0.29, 0.717) is 13.1 Å². The second-order valence-electron chi connectivity index (χ2n) is 7.85. The molecule has 1 saturated heterocycles. The summed E-state index contributed by atoms with van der Waals surface area (Å²) in [7, 11) is 0. The molecule has 20 heavy (non-hydrogen) atoms. The van der Waals surface area contributed by atoms with Gasteiger partial charge in [0.2, 0.25) is 5.91 Å². The first-order chi connectivity index (χ1) is 9.01. The van der Waals surface area contributed by atoms with Gasteiger partial charge in [0.05, 0.1) is 12.6 Å². The fourth-order valence-corrected chi connectivity index (χ4v) is 3.23. The van der Waals surface area contributed by atoms with Crippen LogP contribution in [0.2, 0.25) is 0 Å². The first-order valence-corrected chi connectivity index (χ1v) is 7.38. The Balaban J connectivity index is 2.54. The average molecular weight is 277 g/mol. The molecule has 1 atom stereocenters. The van der Waals surface area contributed by atoms with Crippen molar-refractivity contribution < 1.29 is 4.79 Å². The first-order valence-electron chi connectivity index (χ1n) is 7.38. The Bertz CT molecular complexity index is 489. The Morgan fingerprint density at radius 3 is 2.25 bits per heavy atom. The van der Waals surface area contributed by atoms with E-state index in [1.807, 2.05) is 0 Å². The molecule has 0 spiro atoms. The minimum Gasteiger partial charge on any atom is -0.349 e. The third-order valence-electron chi connectivity index (χ3n) is 3.86. The van der Waals surface area contributed by atoms with Crippen molar-refractivity contribution in [2.75, 3.05) is 13.1 Å². The third kappa shape index (κ3) is 2.60. The lowest BCUT2D eigenvalue weighted by atomic mass is 9.78. The van der Waals surface area contributed by atoms with Gasteiger partial charge in [-0.25, -0.2) is 0 Å². The zero-order valence-corrected chi connectivity index (χ0v) is 13.8. The number of piperazine rings is 1. The standard InChI is InChI=1S/C16H27N3O/c1-10-13(15(2,3)4)11-8-17-12(20)9-19(11)14(18-10)16(5,6)7/h10H,8-9H2,1-7H3,(H,17,20)/t10-/m0/s1. The van der Waals surface area contributed by atoms with Crippen molar-refractivity contribution >= 4 is 11.7 Å². The number of carbonyl (C=O) groups excluding carboxylic acids is 1. The molecular weight excluding hydrogens is 250 g/mol. The average Bonchev–Trinajstić information content (AvgIpc) is 2.25. The molecule has 0 saturated carbocycles. The molecule has 0 aromatic rings. The Hall–Kier alpha value is -1.32. The SMILES string of the molecule is C[C@@H]1N=C(C(C)(C)C)N2CC(=O)NCC2=C1C(C)(C)C. The molecular formula is C16H27N3O. The van der Waals surface area contributed by atoms with Crippen molar-refractivity contribution in [1.29, 1.82) is 0 Å². The molecule has 0 unspecified atom stereocenters. The second-order valence-corrected chi connectivity index (χ2v) is 7.85. The van der Waals surface area contributed by atoms with E-state index in [1.54, 1.807) is 0 Å². The van der Waals surface area contributed by atoms with Crippen LogP contribution >= 0.6 is 0 Å². The summed E-state index contributed by atoms with van der Waals surface area (Å²) < 4.78 is 0. The number of aliphatic imine (C=N–C) groups is 1. The number of hydrogen-bond acceptors (Lipinski definition) is 3. The van der Waals surface area contributed by atoms with Crippen LogP contribution < -0.4 is 5.32 Å². The number of nitrogens with zero attached hydrogens (tertiary/aromatic N) is 2. The number of amides is 1. The van der Waals surface area contributed by atoms with E-state index in [1.165, 1.54) is 11.3 Å². The van der Waals surface area contributed by atoms with E-state index in [2.05, 4.69) is 58.7 Å². The maximum absolute atomic E-state index is 11.8. The summed E-state index contributed by atoms with van der Waals surface area (Å²) in [5.41, 5.74) is 2.58. The number of nitrogens with one attached hydrogen (secondary N) is 1. The fourth-order valence-electron chi connectivity index (χ4n) is 3.23. The number of fused-ring (bicyclic) bond motifs is 1. The highest BCUT2D eigenvalue weighted by Gasteiger charge is 2.39. The zero-order valence-electron chi connectivity index (χ0n) is 13.8. The Morgan fingerprint density at radius 1 is 1.15 bits per heavy atom. The lowest BCUT2D eigenvalue weighted by molar-refractivity contribution is -0.122. The van der Waals surface area contributed by atoms with Gasteiger partial charge in [-0.3, -0.25) is 9.79 Å². The molecule has 2 aliphatic rings. The first kappa shape index (κ1) is 15.1. The summed E-state index contributed by atoms with van der Waals surface area (Å²) in [6, 6.07) is 0.172. The van der Waals surface area contributed by atoms with E-state index < -0.39 is 0 Å². The van der Waals surface area contributed by atoms with Gasteiger partial charge in [0, 0.05) is 11.1 Å². The smallest absolute Gasteiger partial charge is 0.240 e. The molecule has 2 rings (SSSR count). The van der Waals surface area contributed by atoms with Crippen LogP contribution in [-0.4, -0.2) is 35.8 Å². The second kappa shape index (κ2) is 4.61. The molecule has 112 valence electrons. The minimum atomic E-state index is -0.0550. The van der Waals surface area contributed by atoms with Gasteiger partial charge >= 0.3 is 0 Å². The Kier molecular flexibility index (Phi) is 3.47. The maximum Gasteiger partial charge on any atom is 0.240 e. The van der Waals surface area contributed by atoms with Crippen LogP contribution in [0.4, 0.5) is 0 Å². The van der Waals surface area contributed by atoms with Crippen molar-refractivity contribution in [2.24, 2.45) is 15.8 Å². The summed E-state index contributed by atoms with van der Waals surface area (Å²) in [5.74, 6) is 1.11. The van der Waals surface area contributed by atoms with E-state index in [0.717, 1.165) is 5.84 Å². The molecule has 1 fully saturated rings. The van der Waals surface area contributed by atoms with Gasteiger partial charge in [-0.2, -0.15) is 0 Å². The van der Waals surface area contributed by atoms with E-state index in [9.17, 15) is 4.79 Å². The van der Waals surface area contributed by atoms with Gasteiger partial charge in [0.1, 0.15) is 12.4 Å². The molecule has 1 amide bonds. The highest BCUT2D eigenvalue weighted by atomic mass is 16.2. The molecule has 2 aliphatic heterocycles. The van der Waals surface area contributed by atoms with Gasteiger partial charge in [0.15, 0.2) is 0 Å². The topological polar surface area (TPSA) is 44.7 Å². The van der Waals surface area contributed by atoms with Crippen LogP contribution in [0, 0.1) is 10.8 Å². The molecule has 0 aromatic carbocycles. The largest absolute Gasteiger partial charge is 0.349 e. The van der Waals surface area contributed by atoms with Gasteiger partial charge in [-0.15, -0.1) is 0 Å². The van der Waals surface area contributed by atoms with Gasteiger partial charge in [0.25, 0.3) is 0 Å². The molecule has 2 heterocycles. The van der Waals surface area contributed by atoms with Crippen LogP contribution in [0.3, 0.4) is 0 Å². The summed E-state index contributed by atoms with van der Waals surface area (Å²) in [4.78, 5) is 18.9. The summed E-state index contributed by atoms with van der Waals surface area (Å²) in [5, 5.41) is 2.98. The lowest BCUT2D eigenvalue weighted by Crippen LogP contribution is -2.55. The molecule has 1 N–H and O–H groups in total. The third-order valence-corrected chi connectivity index (χ3v) is 3.86. The van der Waals surface area contributed by atoms with Crippen LogP contribution in [0.1, 0.15) is 48.5 Å². The Labute approximate surface area is 122 Å². The predicted octanol–water partition coefficient (Wildman–Crippen LogP) is 2.57. The van der Waals surface area contributed by atoms with Crippen molar-refractivity contribution in [3.8, 4) is 0 Å². The van der Waals surface area contributed by atoms with Crippen LogP contribution in [0.5, 0.6) is 0 Å². The van der Waals surface area contributed by atoms with Crippen LogP contribution in [0.25, 0.3) is 0 Å². The number of carbonyl (C=O) groups is 1.